The fourth-order valence-electron chi connectivity index (χ4n) is 4.33. The van der Waals surface area contributed by atoms with Crippen LogP contribution in [0, 0.1) is 17.8 Å². The van der Waals surface area contributed by atoms with E-state index in [4.69, 9.17) is 5.73 Å². The number of carbonyl (C=O) groups is 2. The van der Waals surface area contributed by atoms with Gasteiger partial charge in [-0.1, -0.05) is 19.4 Å². The average Bonchev–Trinajstić information content (AvgIpc) is 2.59. The van der Waals surface area contributed by atoms with Crippen molar-refractivity contribution >= 4 is 17.5 Å². The van der Waals surface area contributed by atoms with Crippen molar-refractivity contribution in [1.82, 2.24) is 5.32 Å². The second-order valence-corrected chi connectivity index (χ2v) is 7.52. The van der Waals surface area contributed by atoms with E-state index in [-0.39, 0.29) is 23.8 Å². The Kier molecular flexibility index (Phi) is 5.74. The number of nitrogens with two attached hydrogens (primary N) is 1. The average molecular weight is 343 g/mol. The molecule has 0 spiro atoms. The van der Waals surface area contributed by atoms with Gasteiger partial charge in [-0.15, -0.1) is 0 Å². The predicted octanol–water partition coefficient (Wildman–Crippen LogP) is 2.92. The van der Waals surface area contributed by atoms with Gasteiger partial charge in [0, 0.05) is 29.8 Å². The van der Waals surface area contributed by atoms with Crippen molar-refractivity contribution in [2.24, 2.45) is 23.5 Å². The zero-order valence-corrected chi connectivity index (χ0v) is 15.0. The van der Waals surface area contributed by atoms with Gasteiger partial charge in [0.05, 0.1) is 0 Å². The molecule has 2 aliphatic carbocycles. The normalized spacial score (nSPS) is 28.2. The SMILES string of the molecule is CCCNC(=O)c1cccc(NC(=O)C2CC3CCCC(C2)C3N)c1. The highest BCUT2D eigenvalue weighted by molar-refractivity contribution is 5.97. The van der Waals surface area contributed by atoms with E-state index in [0.29, 0.717) is 29.6 Å². The smallest absolute Gasteiger partial charge is 0.251 e. The molecule has 1 aromatic carbocycles. The number of benzene rings is 1. The van der Waals surface area contributed by atoms with Gasteiger partial charge in [-0.2, -0.15) is 0 Å². The molecule has 0 radical (unpaired) electrons. The lowest BCUT2D eigenvalue weighted by Gasteiger charge is -2.43. The van der Waals surface area contributed by atoms with Crippen molar-refractivity contribution in [3.63, 3.8) is 0 Å². The predicted molar refractivity (Wildman–Crippen MR) is 99.2 cm³/mol. The number of fused-ring (bicyclic) bond motifs is 2. The van der Waals surface area contributed by atoms with E-state index in [1.165, 1.54) is 6.42 Å². The van der Waals surface area contributed by atoms with Crippen LogP contribution in [0.4, 0.5) is 5.69 Å². The minimum atomic E-state index is -0.101. The summed E-state index contributed by atoms with van der Waals surface area (Å²) in [6.07, 6.45) is 6.21. The van der Waals surface area contributed by atoms with Gasteiger partial charge in [-0.25, -0.2) is 0 Å². The first-order chi connectivity index (χ1) is 12.1. The number of rotatable bonds is 5. The van der Waals surface area contributed by atoms with Crippen molar-refractivity contribution in [3.05, 3.63) is 29.8 Å². The zero-order valence-electron chi connectivity index (χ0n) is 15.0. The van der Waals surface area contributed by atoms with Crippen LogP contribution >= 0.6 is 0 Å². The topological polar surface area (TPSA) is 84.2 Å². The highest BCUT2D eigenvalue weighted by Gasteiger charge is 2.40. The van der Waals surface area contributed by atoms with Gasteiger partial charge in [0.15, 0.2) is 0 Å². The van der Waals surface area contributed by atoms with Crippen LogP contribution in [0.3, 0.4) is 0 Å². The van der Waals surface area contributed by atoms with E-state index in [1.807, 2.05) is 19.1 Å². The van der Waals surface area contributed by atoms with Gasteiger partial charge < -0.3 is 16.4 Å². The van der Waals surface area contributed by atoms with E-state index in [9.17, 15) is 9.59 Å². The van der Waals surface area contributed by atoms with Crippen LogP contribution < -0.4 is 16.4 Å². The quantitative estimate of drug-likeness (QED) is 0.768. The van der Waals surface area contributed by atoms with Gasteiger partial charge in [0.25, 0.3) is 5.91 Å². The number of amides is 2. The summed E-state index contributed by atoms with van der Waals surface area (Å²) in [6, 6.07) is 7.43. The standard InChI is InChI=1S/C20H29N3O2/c1-2-9-22-19(24)15-7-4-8-17(12-15)23-20(25)16-10-13-5-3-6-14(11-16)18(13)21/h4,7-8,12-14,16,18H,2-3,5-6,9-11,21H2,1H3,(H,22,24)(H,23,25). The fourth-order valence-corrected chi connectivity index (χ4v) is 4.33. The zero-order chi connectivity index (χ0) is 17.8. The van der Waals surface area contributed by atoms with Crippen LogP contribution in [0.15, 0.2) is 24.3 Å². The molecule has 25 heavy (non-hydrogen) atoms. The van der Waals surface area contributed by atoms with E-state index < -0.39 is 0 Å². The lowest BCUT2D eigenvalue weighted by atomic mass is 9.65. The molecule has 0 aliphatic heterocycles. The highest BCUT2D eigenvalue weighted by Crippen LogP contribution is 2.42. The molecule has 2 saturated carbocycles. The Morgan fingerprint density at radius 3 is 2.60 bits per heavy atom. The molecule has 5 nitrogen and oxygen atoms in total. The van der Waals surface area contributed by atoms with Gasteiger partial charge in [-0.3, -0.25) is 9.59 Å². The molecule has 0 aromatic heterocycles. The van der Waals surface area contributed by atoms with E-state index >= 15 is 0 Å². The Morgan fingerprint density at radius 1 is 1.20 bits per heavy atom. The Labute approximate surface area is 149 Å². The maximum absolute atomic E-state index is 12.7. The molecule has 136 valence electrons. The van der Waals surface area contributed by atoms with Crippen molar-refractivity contribution in [1.29, 1.82) is 0 Å². The molecule has 5 heteroatoms. The van der Waals surface area contributed by atoms with Gasteiger partial charge >= 0.3 is 0 Å². The lowest BCUT2D eigenvalue weighted by molar-refractivity contribution is -0.122. The van der Waals surface area contributed by atoms with Crippen molar-refractivity contribution in [3.8, 4) is 0 Å². The molecule has 2 bridgehead atoms. The first-order valence-corrected chi connectivity index (χ1v) is 9.53. The first kappa shape index (κ1) is 17.9. The molecule has 4 N–H and O–H groups in total. The second kappa shape index (κ2) is 8.00. The number of anilines is 1. The second-order valence-electron chi connectivity index (χ2n) is 7.52. The molecule has 2 unspecified atom stereocenters. The van der Waals surface area contributed by atoms with Gasteiger partial charge in [0.1, 0.15) is 0 Å². The third-order valence-electron chi connectivity index (χ3n) is 5.71. The van der Waals surface area contributed by atoms with Crippen molar-refractivity contribution in [2.75, 3.05) is 11.9 Å². The van der Waals surface area contributed by atoms with E-state index in [0.717, 1.165) is 32.1 Å². The van der Waals surface area contributed by atoms with Gasteiger partial charge in [0.2, 0.25) is 5.91 Å². The lowest BCUT2D eigenvalue weighted by Crippen LogP contribution is -2.48. The van der Waals surface area contributed by atoms with Crippen LogP contribution in [0.25, 0.3) is 0 Å². The number of hydrogen-bond donors (Lipinski definition) is 3. The van der Waals surface area contributed by atoms with Crippen LogP contribution in [-0.4, -0.2) is 24.4 Å². The third-order valence-corrected chi connectivity index (χ3v) is 5.71. The van der Waals surface area contributed by atoms with Crippen LogP contribution in [-0.2, 0) is 4.79 Å². The fraction of sp³-hybridized carbons (Fsp3) is 0.600. The number of hydrogen-bond acceptors (Lipinski definition) is 3. The summed E-state index contributed by atoms with van der Waals surface area (Å²) in [5, 5.41) is 5.87. The van der Waals surface area contributed by atoms with Crippen molar-refractivity contribution in [2.45, 2.75) is 51.5 Å². The monoisotopic (exact) mass is 343 g/mol. The maximum atomic E-state index is 12.7. The minimum absolute atomic E-state index is 0.0349. The molecule has 0 heterocycles. The Hall–Kier alpha value is -1.88. The van der Waals surface area contributed by atoms with Gasteiger partial charge in [-0.05, 0) is 62.1 Å². The van der Waals surface area contributed by atoms with Crippen molar-refractivity contribution < 1.29 is 9.59 Å². The summed E-state index contributed by atoms with van der Waals surface area (Å²) in [6.45, 7) is 2.67. The molecule has 0 saturated heterocycles. The third kappa shape index (κ3) is 4.21. The van der Waals surface area contributed by atoms with E-state index in [2.05, 4.69) is 10.6 Å². The molecular weight excluding hydrogens is 314 g/mol. The highest BCUT2D eigenvalue weighted by atomic mass is 16.2. The number of nitrogens with one attached hydrogen (secondary N) is 2. The summed E-state index contributed by atoms with van der Waals surface area (Å²) < 4.78 is 0. The summed E-state index contributed by atoms with van der Waals surface area (Å²) in [5.74, 6) is 0.961. The molecule has 3 rings (SSSR count). The molecule has 2 aliphatic rings. The molecule has 2 fully saturated rings. The molecular formula is C20H29N3O2. The minimum Gasteiger partial charge on any atom is -0.352 e. The Morgan fingerprint density at radius 2 is 1.92 bits per heavy atom. The Balaban J connectivity index is 1.62. The summed E-state index contributed by atoms with van der Waals surface area (Å²) in [5.41, 5.74) is 7.58. The van der Waals surface area contributed by atoms with Crippen LogP contribution in [0.5, 0.6) is 0 Å². The van der Waals surface area contributed by atoms with Crippen LogP contribution in [0.1, 0.15) is 55.8 Å². The summed E-state index contributed by atoms with van der Waals surface area (Å²) in [4.78, 5) is 24.8. The van der Waals surface area contributed by atoms with E-state index in [1.54, 1.807) is 12.1 Å². The molecule has 2 amide bonds. The van der Waals surface area contributed by atoms with Crippen LogP contribution in [0.2, 0.25) is 0 Å². The molecule has 2 atom stereocenters. The maximum Gasteiger partial charge on any atom is 0.251 e. The molecule has 1 aromatic rings. The number of carbonyl (C=O) groups excluding carboxylic acids is 2. The first-order valence-electron chi connectivity index (χ1n) is 9.53. The largest absolute Gasteiger partial charge is 0.352 e. The summed E-state index contributed by atoms with van der Waals surface area (Å²) >= 11 is 0. The Bertz CT molecular complexity index is 617. The summed E-state index contributed by atoms with van der Waals surface area (Å²) in [7, 11) is 0.